The molecule has 0 unspecified atom stereocenters. The molecular weight excluding hydrogens is 326 g/mol. The van der Waals surface area contributed by atoms with Crippen molar-refractivity contribution in [3.8, 4) is 11.5 Å². The predicted molar refractivity (Wildman–Crippen MR) is 92.6 cm³/mol. The van der Waals surface area contributed by atoms with Crippen molar-refractivity contribution in [3.05, 3.63) is 42.5 Å². The number of aromatic nitrogens is 2. The van der Waals surface area contributed by atoms with Crippen LogP contribution in [0.15, 0.2) is 47.6 Å². The molecule has 0 saturated carbocycles. The van der Waals surface area contributed by atoms with E-state index >= 15 is 0 Å². The van der Waals surface area contributed by atoms with Gasteiger partial charge in [0.2, 0.25) is 12.7 Å². The zero-order valence-corrected chi connectivity index (χ0v) is 13.7. The molecule has 122 valence electrons. The van der Waals surface area contributed by atoms with Gasteiger partial charge in [0.15, 0.2) is 16.7 Å². The number of rotatable bonds is 4. The summed E-state index contributed by atoms with van der Waals surface area (Å²) in [5, 5.41) is 3.32. The first-order chi connectivity index (χ1) is 11.7. The van der Waals surface area contributed by atoms with E-state index in [1.807, 2.05) is 31.2 Å². The Balaban J connectivity index is 1.44. The Labute approximate surface area is 142 Å². The number of thioether (sulfide) groups is 1. The Bertz CT molecular complexity index is 876. The molecule has 1 amide bonds. The maximum absolute atomic E-state index is 12.4. The predicted octanol–water partition coefficient (Wildman–Crippen LogP) is 3.41. The number of imidazole rings is 1. The minimum Gasteiger partial charge on any atom is -0.454 e. The lowest BCUT2D eigenvalue weighted by molar-refractivity contribution is -0.115. The van der Waals surface area contributed by atoms with E-state index in [-0.39, 0.29) is 18.0 Å². The zero-order chi connectivity index (χ0) is 16.5. The highest BCUT2D eigenvalue weighted by Crippen LogP contribution is 2.34. The summed E-state index contributed by atoms with van der Waals surface area (Å²) >= 11 is 1.39. The Morgan fingerprint density at radius 2 is 2.08 bits per heavy atom. The highest BCUT2D eigenvalue weighted by molar-refractivity contribution is 8.00. The van der Waals surface area contributed by atoms with Crippen LogP contribution in [0.5, 0.6) is 11.5 Å². The fourth-order valence-corrected chi connectivity index (χ4v) is 3.25. The number of ether oxygens (including phenoxy) is 2. The lowest BCUT2D eigenvalue weighted by Crippen LogP contribution is -2.22. The summed E-state index contributed by atoms with van der Waals surface area (Å²) in [6.45, 7) is 2.06. The molecule has 2 aromatic carbocycles. The van der Waals surface area contributed by atoms with E-state index in [0.717, 1.165) is 16.2 Å². The van der Waals surface area contributed by atoms with Gasteiger partial charge in [-0.1, -0.05) is 23.9 Å². The van der Waals surface area contributed by atoms with Crippen molar-refractivity contribution in [2.45, 2.75) is 17.3 Å². The van der Waals surface area contributed by atoms with E-state index in [1.54, 1.807) is 18.2 Å². The van der Waals surface area contributed by atoms with E-state index in [0.29, 0.717) is 17.2 Å². The third-order valence-corrected chi connectivity index (χ3v) is 4.65. The molecule has 0 radical (unpaired) electrons. The molecule has 2 N–H and O–H groups in total. The van der Waals surface area contributed by atoms with Crippen molar-refractivity contribution in [3.63, 3.8) is 0 Å². The van der Waals surface area contributed by atoms with Gasteiger partial charge in [0.25, 0.3) is 0 Å². The van der Waals surface area contributed by atoms with Gasteiger partial charge >= 0.3 is 0 Å². The van der Waals surface area contributed by atoms with Gasteiger partial charge in [0.1, 0.15) is 0 Å². The largest absolute Gasteiger partial charge is 0.454 e. The Hall–Kier alpha value is -2.67. The Morgan fingerprint density at radius 1 is 1.25 bits per heavy atom. The molecule has 6 nitrogen and oxygen atoms in total. The van der Waals surface area contributed by atoms with Crippen LogP contribution < -0.4 is 14.8 Å². The van der Waals surface area contributed by atoms with Crippen LogP contribution in [-0.2, 0) is 4.79 Å². The van der Waals surface area contributed by atoms with E-state index < -0.39 is 0 Å². The fraction of sp³-hybridized carbons (Fsp3) is 0.176. The molecule has 0 fully saturated rings. The van der Waals surface area contributed by atoms with Gasteiger partial charge in [0, 0.05) is 11.8 Å². The quantitative estimate of drug-likeness (QED) is 0.711. The smallest absolute Gasteiger partial charge is 0.237 e. The van der Waals surface area contributed by atoms with Gasteiger partial charge in [0.05, 0.1) is 16.3 Å². The summed E-state index contributed by atoms with van der Waals surface area (Å²) < 4.78 is 10.6. The molecule has 0 aliphatic carbocycles. The Morgan fingerprint density at radius 3 is 2.96 bits per heavy atom. The number of benzene rings is 2. The number of carbonyl (C=O) groups excluding carboxylic acids is 1. The number of nitrogens with one attached hydrogen (secondary N) is 2. The SMILES string of the molecule is C[C@@H](Sc1nc2ccccc2[nH]1)C(=O)Nc1ccc2c(c1)OCO2. The van der Waals surface area contributed by atoms with Crippen molar-refractivity contribution in [2.75, 3.05) is 12.1 Å². The van der Waals surface area contributed by atoms with Crippen LogP contribution in [0.25, 0.3) is 11.0 Å². The number of hydrogen-bond donors (Lipinski definition) is 2. The summed E-state index contributed by atoms with van der Waals surface area (Å²) in [4.78, 5) is 20.1. The first-order valence-corrected chi connectivity index (χ1v) is 8.39. The summed E-state index contributed by atoms with van der Waals surface area (Å²) in [6.07, 6.45) is 0. The van der Waals surface area contributed by atoms with Gasteiger partial charge in [-0.25, -0.2) is 4.98 Å². The molecule has 1 atom stereocenters. The number of anilines is 1. The second kappa shape index (κ2) is 6.09. The monoisotopic (exact) mass is 341 g/mol. The van der Waals surface area contributed by atoms with Crippen molar-refractivity contribution >= 4 is 34.4 Å². The van der Waals surface area contributed by atoms with Crippen LogP contribution in [-0.4, -0.2) is 27.9 Å². The highest BCUT2D eigenvalue weighted by atomic mass is 32.2. The van der Waals surface area contributed by atoms with Crippen LogP contribution >= 0.6 is 11.8 Å². The second-order valence-corrected chi connectivity index (χ2v) is 6.71. The zero-order valence-electron chi connectivity index (χ0n) is 12.9. The average Bonchev–Trinajstić information content (AvgIpc) is 3.19. The number of amides is 1. The molecule has 0 bridgehead atoms. The number of aromatic amines is 1. The van der Waals surface area contributed by atoms with Crippen LogP contribution in [0.3, 0.4) is 0 Å². The van der Waals surface area contributed by atoms with Crippen molar-refractivity contribution in [1.29, 1.82) is 0 Å². The van der Waals surface area contributed by atoms with Gasteiger partial charge in [-0.05, 0) is 31.2 Å². The fourth-order valence-electron chi connectivity index (χ4n) is 2.42. The second-order valence-electron chi connectivity index (χ2n) is 5.38. The number of nitrogens with zero attached hydrogens (tertiary/aromatic N) is 1. The van der Waals surface area contributed by atoms with Crippen LogP contribution in [0.2, 0.25) is 0 Å². The van der Waals surface area contributed by atoms with Gasteiger partial charge in [-0.3, -0.25) is 4.79 Å². The summed E-state index contributed by atoms with van der Waals surface area (Å²) in [5.74, 6) is 1.24. The summed E-state index contributed by atoms with van der Waals surface area (Å²) in [5.41, 5.74) is 2.54. The number of H-pyrrole nitrogens is 1. The maximum Gasteiger partial charge on any atom is 0.237 e. The molecule has 2 heterocycles. The highest BCUT2D eigenvalue weighted by Gasteiger charge is 2.19. The molecule has 7 heteroatoms. The standard InChI is InChI=1S/C17H15N3O3S/c1-10(24-17-19-12-4-2-3-5-13(12)20-17)16(21)18-11-6-7-14-15(8-11)23-9-22-14/h2-8,10H,9H2,1H3,(H,18,21)(H,19,20)/t10-/m1/s1. The minimum absolute atomic E-state index is 0.0979. The van der Waals surface area contributed by atoms with Crippen molar-refractivity contribution < 1.29 is 14.3 Å². The van der Waals surface area contributed by atoms with E-state index in [1.165, 1.54) is 11.8 Å². The first-order valence-electron chi connectivity index (χ1n) is 7.51. The first kappa shape index (κ1) is 14.9. The average molecular weight is 341 g/mol. The molecule has 1 aromatic heterocycles. The molecule has 0 spiro atoms. The van der Waals surface area contributed by atoms with Crippen LogP contribution in [0.4, 0.5) is 5.69 Å². The molecular formula is C17H15N3O3S. The number of carbonyl (C=O) groups is 1. The minimum atomic E-state index is -0.295. The van der Waals surface area contributed by atoms with E-state index in [9.17, 15) is 4.79 Å². The number of fused-ring (bicyclic) bond motifs is 2. The summed E-state index contributed by atoms with van der Waals surface area (Å²) in [7, 11) is 0. The van der Waals surface area contributed by atoms with Crippen molar-refractivity contribution in [1.82, 2.24) is 9.97 Å². The number of para-hydroxylation sites is 2. The van der Waals surface area contributed by atoms with Gasteiger partial charge in [-0.15, -0.1) is 0 Å². The van der Waals surface area contributed by atoms with Crippen LogP contribution in [0, 0.1) is 0 Å². The molecule has 0 saturated heterocycles. The normalized spacial score (nSPS) is 13.9. The topological polar surface area (TPSA) is 76.2 Å². The summed E-state index contributed by atoms with van der Waals surface area (Å²) in [6, 6.07) is 13.1. The van der Waals surface area contributed by atoms with Crippen LogP contribution in [0.1, 0.15) is 6.92 Å². The van der Waals surface area contributed by atoms with E-state index in [4.69, 9.17) is 9.47 Å². The van der Waals surface area contributed by atoms with E-state index in [2.05, 4.69) is 15.3 Å². The molecule has 1 aliphatic heterocycles. The molecule has 24 heavy (non-hydrogen) atoms. The molecule has 3 aromatic rings. The van der Waals surface area contributed by atoms with Gasteiger partial charge in [-0.2, -0.15) is 0 Å². The maximum atomic E-state index is 12.4. The molecule has 4 rings (SSSR count). The van der Waals surface area contributed by atoms with Gasteiger partial charge < -0.3 is 19.8 Å². The number of hydrogen-bond acceptors (Lipinski definition) is 5. The third kappa shape index (κ3) is 2.90. The lowest BCUT2D eigenvalue weighted by Gasteiger charge is -2.11. The lowest BCUT2D eigenvalue weighted by atomic mass is 10.2. The third-order valence-electron chi connectivity index (χ3n) is 3.67. The Kier molecular flexibility index (Phi) is 3.78. The molecule has 1 aliphatic rings. The van der Waals surface area contributed by atoms with Crippen molar-refractivity contribution in [2.24, 2.45) is 0 Å².